The molecule has 5 rings (SSSR count). The molecule has 1 N–H and O–H groups in total. The molecular formula is C35H35NO8. The van der Waals surface area contributed by atoms with Crippen LogP contribution in [0.15, 0.2) is 95.3 Å². The van der Waals surface area contributed by atoms with Crippen molar-refractivity contribution >= 4 is 17.7 Å². The minimum Gasteiger partial charge on any atom is -0.493 e. The van der Waals surface area contributed by atoms with E-state index in [9.17, 15) is 14.4 Å². The molecule has 228 valence electrons. The summed E-state index contributed by atoms with van der Waals surface area (Å²) >= 11 is 0. The van der Waals surface area contributed by atoms with Gasteiger partial charge in [-0.3, -0.25) is 4.79 Å². The van der Waals surface area contributed by atoms with Crippen molar-refractivity contribution in [3.05, 3.63) is 112 Å². The van der Waals surface area contributed by atoms with Gasteiger partial charge in [-0.05, 0) is 66.8 Å². The Balaban J connectivity index is 1.45. The monoisotopic (exact) mass is 597 g/mol. The smallest absolute Gasteiger partial charge is 0.337 e. The number of dihydropyridines is 1. The van der Waals surface area contributed by atoms with E-state index in [0.717, 1.165) is 11.3 Å². The molecule has 0 unspecified atom stereocenters. The minimum atomic E-state index is -0.681. The van der Waals surface area contributed by atoms with E-state index in [2.05, 4.69) is 5.32 Å². The molecule has 3 aromatic rings. The van der Waals surface area contributed by atoms with Crippen molar-refractivity contribution in [3.8, 4) is 17.2 Å². The summed E-state index contributed by atoms with van der Waals surface area (Å²) in [4.78, 5) is 39.7. The number of para-hydroxylation sites is 1. The number of nitrogens with one attached hydrogen (secondary N) is 1. The third-order valence-electron chi connectivity index (χ3n) is 7.92. The number of benzene rings is 3. The molecule has 0 aromatic heterocycles. The van der Waals surface area contributed by atoms with Gasteiger partial charge in [0.05, 0.1) is 32.5 Å². The third kappa shape index (κ3) is 6.32. The number of carbonyl (C=O) groups is 3. The summed E-state index contributed by atoms with van der Waals surface area (Å²) in [5.41, 5.74) is 4.22. The van der Waals surface area contributed by atoms with Gasteiger partial charge < -0.3 is 29.0 Å². The van der Waals surface area contributed by atoms with E-state index in [1.807, 2.05) is 48.5 Å². The quantitative estimate of drug-likeness (QED) is 0.240. The van der Waals surface area contributed by atoms with E-state index in [4.69, 9.17) is 23.7 Å². The van der Waals surface area contributed by atoms with Gasteiger partial charge in [0, 0.05) is 29.3 Å². The van der Waals surface area contributed by atoms with Crippen LogP contribution in [0.4, 0.5) is 0 Å². The molecule has 1 aliphatic heterocycles. The zero-order valence-electron chi connectivity index (χ0n) is 25.2. The maximum Gasteiger partial charge on any atom is 0.337 e. The predicted octanol–water partition coefficient (Wildman–Crippen LogP) is 5.47. The van der Waals surface area contributed by atoms with Crippen molar-refractivity contribution in [1.29, 1.82) is 0 Å². The van der Waals surface area contributed by atoms with E-state index in [1.54, 1.807) is 45.4 Å². The summed E-state index contributed by atoms with van der Waals surface area (Å²) in [5, 5.41) is 3.36. The highest BCUT2D eigenvalue weighted by atomic mass is 16.6. The van der Waals surface area contributed by atoms with Crippen LogP contribution in [-0.2, 0) is 19.1 Å². The molecule has 0 radical (unpaired) electrons. The molecule has 0 saturated carbocycles. The topological polar surface area (TPSA) is 109 Å². The van der Waals surface area contributed by atoms with E-state index >= 15 is 0 Å². The molecule has 2 atom stereocenters. The second-order valence-electron chi connectivity index (χ2n) is 10.5. The van der Waals surface area contributed by atoms with Gasteiger partial charge in [-0.1, -0.05) is 36.4 Å². The molecule has 0 fully saturated rings. The van der Waals surface area contributed by atoms with Crippen molar-refractivity contribution in [2.24, 2.45) is 0 Å². The Bertz CT molecular complexity index is 1610. The molecule has 0 spiro atoms. The maximum absolute atomic E-state index is 14.0. The Morgan fingerprint density at radius 1 is 0.818 bits per heavy atom. The Labute approximate surface area is 256 Å². The van der Waals surface area contributed by atoms with E-state index in [-0.39, 0.29) is 31.3 Å². The van der Waals surface area contributed by atoms with Gasteiger partial charge in [-0.25, -0.2) is 9.59 Å². The van der Waals surface area contributed by atoms with Crippen molar-refractivity contribution in [2.75, 3.05) is 34.5 Å². The number of Topliss-reactive ketones (excluding diaryl/α,β-unsaturated/α-hetero) is 1. The molecule has 9 heteroatoms. The molecule has 0 amide bonds. The highest BCUT2D eigenvalue weighted by Crippen LogP contribution is 2.46. The fraction of sp³-hybridized carbons (Fsp3) is 0.286. The number of esters is 2. The van der Waals surface area contributed by atoms with Gasteiger partial charge in [0.1, 0.15) is 19.0 Å². The Kier molecular flexibility index (Phi) is 9.33. The molecule has 3 aromatic carbocycles. The summed E-state index contributed by atoms with van der Waals surface area (Å²) < 4.78 is 27.1. The Hall–Kier alpha value is -5.05. The van der Waals surface area contributed by atoms with Crippen LogP contribution in [0, 0.1) is 0 Å². The van der Waals surface area contributed by atoms with Crippen LogP contribution in [0.3, 0.4) is 0 Å². The van der Waals surface area contributed by atoms with Gasteiger partial charge in [0.25, 0.3) is 0 Å². The Morgan fingerprint density at radius 3 is 2.20 bits per heavy atom. The Morgan fingerprint density at radius 2 is 1.52 bits per heavy atom. The predicted molar refractivity (Wildman–Crippen MR) is 163 cm³/mol. The highest BCUT2D eigenvalue weighted by Gasteiger charge is 2.41. The van der Waals surface area contributed by atoms with E-state index < -0.39 is 17.9 Å². The average Bonchev–Trinajstić information content (AvgIpc) is 3.05. The molecular weight excluding hydrogens is 562 g/mol. The van der Waals surface area contributed by atoms with Crippen LogP contribution in [0.5, 0.6) is 17.2 Å². The van der Waals surface area contributed by atoms with Crippen LogP contribution >= 0.6 is 0 Å². The molecule has 1 heterocycles. The lowest BCUT2D eigenvalue weighted by Crippen LogP contribution is -2.36. The second kappa shape index (κ2) is 13.5. The van der Waals surface area contributed by atoms with Crippen molar-refractivity contribution in [1.82, 2.24) is 5.32 Å². The zero-order valence-corrected chi connectivity index (χ0v) is 25.2. The van der Waals surface area contributed by atoms with Gasteiger partial charge in [-0.2, -0.15) is 0 Å². The van der Waals surface area contributed by atoms with Crippen molar-refractivity contribution < 1.29 is 38.1 Å². The van der Waals surface area contributed by atoms with Gasteiger partial charge >= 0.3 is 11.9 Å². The van der Waals surface area contributed by atoms with Crippen LogP contribution in [-0.4, -0.2) is 52.3 Å². The normalized spacial score (nSPS) is 17.8. The second-order valence-corrected chi connectivity index (χ2v) is 10.5. The molecule has 0 saturated heterocycles. The van der Waals surface area contributed by atoms with Crippen LogP contribution in [0.1, 0.15) is 53.1 Å². The molecule has 44 heavy (non-hydrogen) atoms. The van der Waals surface area contributed by atoms with Crippen LogP contribution in [0.2, 0.25) is 0 Å². The van der Waals surface area contributed by atoms with Crippen LogP contribution in [0.25, 0.3) is 0 Å². The fourth-order valence-electron chi connectivity index (χ4n) is 5.80. The first-order chi connectivity index (χ1) is 21.3. The summed E-state index contributed by atoms with van der Waals surface area (Å²) in [5.74, 6) is -0.00512. The van der Waals surface area contributed by atoms with Crippen LogP contribution < -0.4 is 19.5 Å². The lowest BCUT2D eigenvalue weighted by atomic mass is 9.71. The van der Waals surface area contributed by atoms with Crippen molar-refractivity contribution in [3.63, 3.8) is 0 Å². The molecule has 9 nitrogen and oxygen atoms in total. The lowest BCUT2D eigenvalue weighted by Gasteiger charge is -2.36. The molecule has 1 aliphatic carbocycles. The van der Waals surface area contributed by atoms with Gasteiger partial charge in [-0.15, -0.1) is 0 Å². The molecule has 0 bridgehead atoms. The zero-order chi connectivity index (χ0) is 31.2. The summed E-state index contributed by atoms with van der Waals surface area (Å²) in [6.07, 6.45) is 0.802. The first kappa shape index (κ1) is 30.4. The van der Waals surface area contributed by atoms with E-state index in [1.165, 1.54) is 7.11 Å². The molecule has 2 aliphatic rings. The number of ketones is 1. The maximum atomic E-state index is 14.0. The first-order valence-corrected chi connectivity index (χ1v) is 14.3. The van der Waals surface area contributed by atoms with Crippen molar-refractivity contribution in [2.45, 2.75) is 31.6 Å². The number of carbonyl (C=O) groups excluding carboxylic acids is 3. The number of ether oxygens (including phenoxy) is 5. The summed E-state index contributed by atoms with van der Waals surface area (Å²) in [6, 6.07) is 21.7. The standard InChI is InChI=1S/C35H35NO8/c1-21-31(35(39)44-17-16-43-26-8-6-5-7-9-26)32(22-10-12-23(13-11-22)34(38)42-4)33-27(36-21)18-25(19-28(33)37)24-14-15-29(40-2)30(20-24)41-3/h5-15,20,25,32,36H,16-19H2,1-4H3/t25-,32-/m0/s1. The number of hydrogen-bond donors (Lipinski definition) is 1. The highest BCUT2D eigenvalue weighted by molar-refractivity contribution is 6.04. The first-order valence-electron chi connectivity index (χ1n) is 14.3. The SMILES string of the molecule is COC(=O)c1ccc([C@H]2C(C(=O)OCCOc3ccccc3)=C(C)NC3=C2C(=O)C[C@@H](c2ccc(OC)c(OC)c2)C3)cc1. The largest absolute Gasteiger partial charge is 0.493 e. The summed E-state index contributed by atoms with van der Waals surface area (Å²) in [7, 11) is 4.48. The lowest BCUT2D eigenvalue weighted by molar-refractivity contribution is -0.140. The number of hydrogen-bond acceptors (Lipinski definition) is 9. The number of rotatable bonds is 10. The number of methoxy groups -OCH3 is 3. The third-order valence-corrected chi connectivity index (χ3v) is 7.92. The van der Waals surface area contributed by atoms with Gasteiger partial charge in [0.15, 0.2) is 17.3 Å². The number of allylic oxidation sites excluding steroid dienone is 3. The van der Waals surface area contributed by atoms with E-state index in [0.29, 0.717) is 51.6 Å². The average molecular weight is 598 g/mol. The van der Waals surface area contributed by atoms with Gasteiger partial charge in [0.2, 0.25) is 0 Å². The fourth-order valence-corrected chi connectivity index (χ4v) is 5.80. The summed E-state index contributed by atoms with van der Waals surface area (Å²) in [6.45, 7) is 2.01. The minimum absolute atomic E-state index is 0.0275.